The third kappa shape index (κ3) is 3.40. The quantitative estimate of drug-likeness (QED) is 0.807. The van der Waals surface area contributed by atoms with E-state index in [9.17, 15) is 4.79 Å². The Hall–Kier alpha value is -2.27. The van der Waals surface area contributed by atoms with Crippen LogP contribution in [0.25, 0.3) is 6.08 Å². The number of amides is 1. The molecule has 0 fully saturated rings. The van der Waals surface area contributed by atoms with Crippen LogP contribution >= 0.6 is 11.3 Å². The third-order valence-corrected chi connectivity index (χ3v) is 4.97. The van der Waals surface area contributed by atoms with Gasteiger partial charge in [0.25, 0.3) is 0 Å². The fourth-order valence-corrected chi connectivity index (χ4v) is 3.56. The minimum atomic E-state index is 0.0386. The second kappa shape index (κ2) is 6.87. The number of rotatable bonds is 4. The number of ether oxygens (including phenoxy) is 2. The zero-order valence-electron chi connectivity index (χ0n) is 13.2. The summed E-state index contributed by atoms with van der Waals surface area (Å²) in [5.41, 5.74) is 2.18. The number of carbonyl (C=O) groups excluding carboxylic acids is 1. The van der Waals surface area contributed by atoms with Crippen molar-refractivity contribution in [3.8, 4) is 11.5 Å². The molecule has 0 saturated heterocycles. The summed E-state index contributed by atoms with van der Waals surface area (Å²) in [7, 11) is 3.20. The van der Waals surface area contributed by atoms with Gasteiger partial charge in [0.1, 0.15) is 0 Å². The maximum absolute atomic E-state index is 12.4. The van der Waals surface area contributed by atoms with Crippen LogP contribution < -0.4 is 9.47 Å². The Morgan fingerprint density at radius 1 is 1.22 bits per heavy atom. The van der Waals surface area contributed by atoms with Crippen molar-refractivity contribution in [3.63, 3.8) is 0 Å². The third-order valence-electron chi connectivity index (χ3n) is 3.95. The Kier molecular flexibility index (Phi) is 4.67. The number of fused-ring (bicyclic) bond motifs is 1. The van der Waals surface area contributed by atoms with Gasteiger partial charge in [-0.25, -0.2) is 0 Å². The van der Waals surface area contributed by atoms with Gasteiger partial charge in [-0.2, -0.15) is 0 Å². The smallest absolute Gasteiger partial charge is 0.246 e. The van der Waals surface area contributed by atoms with Crippen molar-refractivity contribution >= 4 is 23.3 Å². The number of thiophene rings is 1. The second-order valence-corrected chi connectivity index (χ2v) is 6.33. The monoisotopic (exact) mass is 329 g/mol. The molecule has 1 amide bonds. The highest BCUT2D eigenvalue weighted by Gasteiger charge is 2.19. The molecule has 0 atom stereocenters. The number of nitrogens with zero attached hydrogens (tertiary/aromatic N) is 1. The predicted molar refractivity (Wildman–Crippen MR) is 92.0 cm³/mol. The van der Waals surface area contributed by atoms with E-state index in [2.05, 4.69) is 11.4 Å². The summed E-state index contributed by atoms with van der Waals surface area (Å²) in [5, 5.41) is 2.10. The fraction of sp³-hybridized carbons (Fsp3) is 0.278. The molecule has 0 spiro atoms. The van der Waals surface area contributed by atoms with E-state index in [4.69, 9.17) is 9.47 Å². The first kappa shape index (κ1) is 15.6. The molecule has 3 rings (SSSR count). The van der Waals surface area contributed by atoms with E-state index in [0.29, 0.717) is 18.0 Å². The van der Waals surface area contributed by atoms with Crippen LogP contribution in [0.15, 0.2) is 35.7 Å². The Labute approximate surface area is 140 Å². The zero-order valence-corrected chi connectivity index (χ0v) is 14.1. The minimum absolute atomic E-state index is 0.0386. The molecule has 120 valence electrons. The van der Waals surface area contributed by atoms with Gasteiger partial charge in [-0.1, -0.05) is 6.07 Å². The largest absolute Gasteiger partial charge is 0.493 e. The van der Waals surface area contributed by atoms with E-state index in [-0.39, 0.29) is 5.91 Å². The van der Waals surface area contributed by atoms with E-state index >= 15 is 0 Å². The molecule has 0 bridgehead atoms. The molecule has 1 aliphatic heterocycles. The Morgan fingerprint density at radius 3 is 2.83 bits per heavy atom. The normalized spacial score (nSPS) is 13.9. The molecule has 0 aliphatic carbocycles. The van der Waals surface area contributed by atoms with Crippen LogP contribution in [0.3, 0.4) is 0 Å². The zero-order chi connectivity index (χ0) is 16.2. The van der Waals surface area contributed by atoms with E-state index in [1.807, 2.05) is 29.2 Å². The van der Waals surface area contributed by atoms with Crippen LogP contribution in [0.5, 0.6) is 11.5 Å². The molecule has 5 heteroatoms. The molecule has 0 N–H and O–H groups in total. The second-order valence-electron chi connectivity index (χ2n) is 5.33. The van der Waals surface area contributed by atoms with Crippen molar-refractivity contribution in [1.29, 1.82) is 0 Å². The van der Waals surface area contributed by atoms with Crippen LogP contribution in [0.2, 0.25) is 0 Å². The lowest BCUT2D eigenvalue weighted by Crippen LogP contribution is -2.34. The number of hydrogen-bond acceptors (Lipinski definition) is 4. The molecular formula is C18H19NO3S. The lowest BCUT2D eigenvalue weighted by Gasteiger charge is -2.25. The van der Waals surface area contributed by atoms with Gasteiger partial charge in [-0.05, 0) is 47.2 Å². The predicted octanol–water partition coefficient (Wildman–Crippen LogP) is 3.36. The van der Waals surface area contributed by atoms with Crippen molar-refractivity contribution in [2.75, 3.05) is 20.8 Å². The van der Waals surface area contributed by atoms with Gasteiger partial charge in [0, 0.05) is 24.0 Å². The highest BCUT2D eigenvalue weighted by atomic mass is 32.1. The van der Waals surface area contributed by atoms with Crippen LogP contribution in [0.1, 0.15) is 16.0 Å². The maximum Gasteiger partial charge on any atom is 0.246 e. The van der Waals surface area contributed by atoms with Crippen LogP contribution in [-0.4, -0.2) is 31.6 Å². The lowest BCUT2D eigenvalue weighted by molar-refractivity contribution is -0.126. The van der Waals surface area contributed by atoms with Gasteiger partial charge < -0.3 is 14.4 Å². The Morgan fingerprint density at radius 2 is 2.04 bits per heavy atom. The minimum Gasteiger partial charge on any atom is -0.493 e. The summed E-state index contributed by atoms with van der Waals surface area (Å²) in [6.07, 6.45) is 4.38. The summed E-state index contributed by atoms with van der Waals surface area (Å²) < 4.78 is 10.5. The van der Waals surface area contributed by atoms with Crippen LogP contribution in [-0.2, 0) is 17.8 Å². The van der Waals surface area contributed by atoms with Crippen LogP contribution in [0.4, 0.5) is 0 Å². The fourth-order valence-electron chi connectivity index (χ4n) is 2.67. The van der Waals surface area contributed by atoms with E-state index < -0.39 is 0 Å². The molecule has 0 saturated carbocycles. The number of carbonyl (C=O) groups is 1. The molecule has 2 heterocycles. The van der Waals surface area contributed by atoms with Gasteiger partial charge in [-0.15, -0.1) is 11.3 Å². The van der Waals surface area contributed by atoms with E-state index in [0.717, 1.165) is 18.5 Å². The molecule has 4 nitrogen and oxygen atoms in total. The average Bonchev–Trinajstić information content (AvgIpc) is 3.06. The van der Waals surface area contributed by atoms with Crippen LogP contribution in [0, 0.1) is 0 Å². The van der Waals surface area contributed by atoms with Crippen molar-refractivity contribution in [2.45, 2.75) is 13.0 Å². The lowest BCUT2D eigenvalue weighted by atomic mass is 10.1. The van der Waals surface area contributed by atoms with E-state index in [1.165, 1.54) is 10.4 Å². The molecule has 0 unspecified atom stereocenters. The molecule has 0 radical (unpaired) electrons. The molecule has 1 aromatic carbocycles. The first-order chi connectivity index (χ1) is 11.2. The summed E-state index contributed by atoms with van der Waals surface area (Å²) in [5.74, 6) is 1.37. The first-order valence-corrected chi connectivity index (χ1v) is 8.33. The van der Waals surface area contributed by atoms with Crippen molar-refractivity contribution in [1.82, 2.24) is 4.90 Å². The summed E-state index contributed by atoms with van der Waals surface area (Å²) in [4.78, 5) is 15.6. The number of methoxy groups -OCH3 is 2. The molecular weight excluding hydrogens is 310 g/mol. The van der Waals surface area contributed by atoms with Gasteiger partial charge in [0.2, 0.25) is 5.91 Å². The van der Waals surface area contributed by atoms with E-state index in [1.54, 1.807) is 31.6 Å². The highest BCUT2D eigenvalue weighted by Crippen LogP contribution is 2.28. The summed E-state index contributed by atoms with van der Waals surface area (Å²) >= 11 is 1.78. The van der Waals surface area contributed by atoms with Gasteiger partial charge in [0.15, 0.2) is 11.5 Å². The van der Waals surface area contributed by atoms with Gasteiger partial charge in [0.05, 0.1) is 14.2 Å². The standard InChI is InChI=1S/C18H19NO3S/c1-21-15-5-3-13(11-16(15)22-2)4-6-18(20)19-9-7-17-14(12-19)8-10-23-17/h3-6,8,10-11H,7,9,12H2,1-2H3. The molecule has 23 heavy (non-hydrogen) atoms. The van der Waals surface area contributed by atoms with Gasteiger partial charge in [-0.3, -0.25) is 4.79 Å². The maximum atomic E-state index is 12.4. The summed E-state index contributed by atoms with van der Waals surface area (Å²) in [6.45, 7) is 1.48. The highest BCUT2D eigenvalue weighted by molar-refractivity contribution is 7.10. The van der Waals surface area contributed by atoms with Crippen molar-refractivity contribution < 1.29 is 14.3 Å². The Balaban J connectivity index is 1.69. The van der Waals surface area contributed by atoms with Gasteiger partial charge >= 0.3 is 0 Å². The summed E-state index contributed by atoms with van der Waals surface area (Å²) in [6, 6.07) is 7.70. The first-order valence-electron chi connectivity index (χ1n) is 7.45. The van der Waals surface area contributed by atoms with Crippen molar-refractivity contribution in [2.24, 2.45) is 0 Å². The topological polar surface area (TPSA) is 38.8 Å². The number of hydrogen-bond donors (Lipinski definition) is 0. The molecule has 1 aromatic heterocycles. The SMILES string of the molecule is COc1ccc(C=CC(=O)N2CCc3sccc3C2)cc1OC. The number of benzene rings is 1. The average molecular weight is 329 g/mol. The van der Waals surface area contributed by atoms with Crippen molar-refractivity contribution in [3.05, 3.63) is 51.7 Å². The Bertz CT molecular complexity index is 736. The molecule has 2 aromatic rings. The molecule has 1 aliphatic rings.